The topological polar surface area (TPSA) is 16.4 Å². The first-order valence-corrected chi connectivity index (χ1v) is 21.3. The summed E-state index contributed by atoms with van der Waals surface area (Å²) < 4.78 is 6.45. The van der Waals surface area contributed by atoms with E-state index < -0.39 is 0 Å². The van der Waals surface area contributed by atoms with Crippen LogP contribution in [-0.2, 0) is 6.42 Å². The molecule has 7 aromatic carbocycles. The van der Waals surface area contributed by atoms with Crippen LogP contribution < -0.4 is 4.90 Å². The van der Waals surface area contributed by atoms with E-state index in [4.69, 9.17) is 4.42 Å². The van der Waals surface area contributed by atoms with Crippen molar-refractivity contribution in [2.45, 2.75) is 33.6 Å². The molecular formula is C59H49NO. The number of hydrogen-bond donors (Lipinski definition) is 0. The van der Waals surface area contributed by atoms with Crippen LogP contribution in [0.3, 0.4) is 0 Å². The van der Waals surface area contributed by atoms with Crippen molar-refractivity contribution in [3.05, 3.63) is 252 Å². The van der Waals surface area contributed by atoms with Gasteiger partial charge in [-0.05, 0) is 120 Å². The fourth-order valence-electron chi connectivity index (χ4n) is 8.62. The number of nitrogens with zero attached hydrogens (tertiary/aromatic N) is 1. The van der Waals surface area contributed by atoms with Crippen molar-refractivity contribution in [1.29, 1.82) is 0 Å². The van der Waals surface area contributed by atoms with Crippen LogP contribution >= 0.6 is 0 Å². The Labute approximate surface area is 360 Å². The quantitative estimate of drug-likeness (QED) is 0.121. The van der Waals surface area contributed by atoms with Crippen LogP contribution in [0.5, 0.6) is 0 Å². The van der Waals surface area contributed by atoms with Gasteiger partial charge >= 0.3 is 0 Å². The van der Waals surface area contributed by atoms with Gasteiger partial charge in [-0.25, -0.2) is 0 Å². The molecule has 2 nitrogen and oxygen atoms in total. The zero-order chi connectivity index (χ0) is 41.5. The second-order valence-electron chi connectivity index (χ2n) is 15.5. The Morgan fingerprint density at radius 1 is 0.607 bits per heavy atom. The van der Waals surface area contributed by atoms with Crippen molar-refractivity contribution in [1.82, 2.24) is 0 Å². The van der Waals surface area contributed by atoms with E-state index in [2.05, 4.69) is 232 Å². The lowest BCUT2D eigenvalue weighted by Crippen LogP contribution is -2.16. The minimum absolute atomic E-state index is 0.783. The Morgan fingerprint density at radius 3 is 2.16 bits per heavy atom. The molecule has 0 aliphatic heterocycles. The van der Waals surface area contributed by atoms with Gasteiger partial charge in [-0.15, -0.1) is 0 Å². The molecule has 2 heteroatoms. The lowest BCUT2D eigenvalue weighted by Gasteiger charge is -2.29. The summed E-state index contributed by atoms with van der Waals surface area (Å²) in [6, 6.07) is 58.8. The lowest BCUT2D eigenvalue weighted by molar-refractivity contribution is 0.670. The van der Waals surface area contributed by atoms with Crippen LogP contribution in [0, 0.1) is 6.92 Å². The predicted molar refractivity (Wildman–Crippen MR) is 261 cm³/mol. The standard InChI is InChI=1S/C59H49NO/c1-4-6-7-9-23-45-33-34-47(41-56(45)50(5-2)51-26-13-12-20-42(51)3)43-24-18-25-48(38-35-43)60(57-31-16-14-27-52(57)44-21-10-8-11-22-44)49-39-36-46(37-40-49)53-29-19-30-55-54-28-15-17-32-58(54)61-59(53)55/h4-17,19-22,24-41H,18,23H2,1-3H3/b6-4-,9-7-,50-5+. The molecule has 9 rings (SSSR count). The van der Waals surface area contributed by atoms with Gasteiger partial charge in [0, 0.05) is 33.3 Å². The number of aryl methyl sites for hydroxylation is 1. The molecule has 8 aromatic rings. The first-order valence-electron chi connectivity index (χ1n) is 21.3. The van der Waals surface area contributed by atoms with Crippen molar-refractivity contribution in [2.75, 3.05) is 4.90 Å². The Balaban J connectivity index is 1.11. The number of rotatable bonds is 11. The normalized spacial score (nSPS) is 13.3. The highest BCUT2D eigenvalue weighted by Crippen LogP contribution is 2.42. The van der Waals surface area contributed by atoms with Crippen LogP contribution in [0.2, 0.25) is 0 Å². The second-order valence-corrected chi connectivity index (χ2v) is 15.5. The van der Waals surface area contributed by atoms with Crippen molar-refractivity contribution < 1.29 is 4.42 Å². The van der Waals surface area contributed by atoms with Gasteiger partial charge in [0.25, 0.3) is 0 Å². The number of para-hydroxylation sites is 3. The Hall–Kier alpha value is -7.42. The van der Waals surface area contributed by atoms with E-state index in [0.29, 0.717) is 0 Å². The molecule has 0 atom stereocenters. The number of anilines is 2. The Kier molecular flexibility index (Phi) is 11.4. The van der Waals surface area contributed by atoms with E-state index in [9.17, 15) is 0 Å². The molecule has 1 heterocycles. The largest absolute Gasteiger partial charge is 0.455 e. The van der Waals surface area contributed by atoms with E-state index in [1.54, 1.807) is 0 Å². The third kappa shape index (κ3) is 8.01. The average Bonchev–Trinajstić information content (AvgIpc) is 3.53. The van der Waals surface area contributed by atoms with Crippen molar-refractivity contribution >= 4 is 44.5 Å². The molecule has 0 spiro atoms. The highest BCUT2D eigenvalue weighted by atomic mass is 16.3. The SMILES string of the molecule is C/C=C\C=C/Cc1ccc(C2=CCC=C(N(c3ccc(-c4cccc5c4oc4ccccc45)cc3)c3ccccc3-c3ccccc3)C=C2)cc1/C(=C/C)c1ccccc1C. The van der Waals surface area contributed by atoms with Gasteiger partial charge in [0.1, 0.15) is 11.2 Å². The summed E-state index contributed by atoms with van der Waals surface area (Å²) in [5, 5.41) is 2.27. The molecule has 0 saturated heterocycles. The lowest BCUT2D eigenvalue weighted by atomic mass is 9.87. The van der Waals surface area contributed by atoms with Crippen LogP contribution in [0.25, 0.3) is 55.3 Å². The van der Waals surface area contributed by atoms with Gasteiger partial charge in [-0.1, -0.05) is 182 Å². The molecule has 296 valence electrons. The molecule has 61 heavy (non-hydrogen) atoms. The minimum atomic E-state index is 0.783. The van der Waals surface area contributed by atoms with Gasteiger partial charge in [0.05, 0.1) is 5.69 Å². The van der Waals surface area contributed by atoms with Gasteiger partial charge in [0.2, 0.25) is 0 Å². The summed E-state index contributed by atoms with van der Waals surface area (Å²) in [7, 11) is 0. The molecule has 0 bridgehead atoms. The number of fused-ring (bicyclic) bond motifs is 3. The van der Waals surface area contributed by atoms with Gasteiger partial charge in [0.15, 0.2) is 0 Å². The molecule has 0 radical (unpaired) electrons. The van der Waals surface area contributed by atoms with E-state index in [1.807, 2.05) is 12.1 Å². The third-order valence-corrected chi connectivity index (χ3v) is 11.7. The zero-order valence-electron chi connectivity index (χ0n) is 35.1. The van der Waals surface area contributed by atoms with E-state index in [1.165, 1.54) is 50.1 Å². The summed E-state index contributed by atoms with van der Waals surface area (Å²) in [5.41, 5.74) is 18.5. The van der Waals surface area contributed by atoms with Crippen LogP contribution in [-0.4, -0.2) is 0 Å². The van der Waals surface area contributed by atoms with E-state index >= 15 is 0 Å². The highest BCUT2D eigenvalue weighted by Gasteiger charge is 2.20. The fraction of sp³-hybridized carbons (Fsp3) is 0.0847. The molecular weight excluding hydrogens is 739 g/mol. The first kappa shape index (κ1) is 39.1. The van der Waals surface area contributed by atoms with Gasteiger partial charge < -0.3 is 9.32 Å². The summed E-state index contributed by atoms with van der Waals surface area (Å²) in [6.07, 6.45) is 21.7. The van der Waals surface area contributed by atoms with Crippen molar-refractivity contribution in [3.8, 4) is 22.3 Å². The van der Waals surface area contributed by atoms with E-state index in [0.717, 1.165) is 63.0 Å². The van der Waals surface area contributed by atoms with Gasteiger partial charge in [-0.2, -0.15) is 0 Å². The summed E-state index contributed by atoms with van der Waals surface area (Å²) in [5.74, 6) is 0. The third-order valence-electron chi connectivity index (χ3n) is 11.7. The summed E-state index contributed by atoms with van der Waals surface area (Å²) >= 11 is 0. The number of allylic oxidation sites excluding steroid dienone is 10. The first-order chi connectivity index (χ1) is 30.1. The highest BCUT2D eigenvalue weighted by molar-refractivity contribution is 6.09. The molecule has 1 aliphatic carbocycles. The smallest absolute Gasteiger partial charge is 0.143 e. The van der Waals surface area contributed by atoms with Crippen LogP contribution in [0.1, 0.15) is 48.1 Å². The molecule has 0 N–H and O–H groups in total. The van der Waals surface area contributed by atoms with Crippen molar-refractivity contribution in [2.24, 2.45) is 0 Å². The maximum atomic E-state index is 6.45. The average molecular weight is 788 g/mol. The van der Waals surface area contributed by atoms with E-state index in [-0.39, 0.29) is 0 Å². The number of hydrogen-bond acceptors (Lipinski definition) is 2. The second kappa shape index (κ2) is 17.8. The monoisotopic (exact) mass is 787 g/mol. The van der Waals surface area contributed by atoms with Crippen LogP contribution in [0.15, 0.2) is 229 Å². The summed E-state index contributed by atoms with van der Waals surface area (Å²) in [4.78, 5) is 2.41. The maximum absolute atomic E-state index is 6.45. The molecule has 0 amide bonds. The molecule has 1 aromatic heterocycles. The minimum Gasteiger partial charge on any atom is -0.455 e. The molecule has 1 aliphatic rings. The molecule has 0 saturated carbocycles. The van der Waals surface area contributed by atoms with Gasteiger partial charge in [-0.3, -0.25) is 0 Å². The number of furan rings is 1. The molecule has 0 unspecified atom stereocenters. The fourth-order valence-corrected chi connectivity index (χ4v) is 8.62. The Bertz CT molecular complexity index is 3040. The summed E-state index contributed by atoms with van der Waals surface area (Å²) in [6.45, 7) is 6.41. The molecule has 0 fully saturated rings. The van der Waals surface area contributed by atoms with Crippen molar-refractivity contribution in [3.63, 3.8) is 0 Å². The zero-order valence-corrected chi connectivity index (χ0v) is 35.1. The predicted octanol–water partition coefficient (Wildman–Crippen LogP) is 16.4. The Morgan fingerprint density at radius 2 is 1.33 bits per heavy atom. The van der Waals surface area contributed by atoms with Crippen LogP contribution in [0.4, 0.5) is 11.4 Å². The maximum Gasteiger partial charge on any atom is 0.143 e. The number of benzene rings is 7.